The third-order valence-electron chi connectivity index (χ3n) is 9.84. The molecule has 4 aliphatic rings. The number of rotatable bonds is 9. The second-order valence-corrected chi connectivity index (χ2v) is 14.5. The SMILES string of the molecule is CS(=O)(=O)Nc1cccc(CN2CN(c3ccccc3)C3(CCN(CCCN4C(=O)C5(CC5)c5ccccc54)CC3)C2=O)c1. The van der Waals surface area contributed by atoms with Gasteiger partial charge in [0.25, 0.3) is 0 Å². The maximum atomic E-state index is 14.2. The van der Waals surface area contributed by atoms with Gasteiger partial charge in [0.1, 0.15) is 5.54 Å². The molecule has 0 unspecified atom stereocenters. The summed E-state index contributed by atoms with van der Waals surface area (Å²) in [5.74, 6) is 0.389. The standard InChI is InChI=1S/C34H39N5O4S/c1-44(42,43)35-27-10-7-9-26(23-27)24-37-25-39(28-11-3-2-4-12-28)34(32(37)41)17-21-36(22-18-34)19-8-20-38-30-14-6-5-13-29(30)33(15-16-33)31(38)40/h2-7,9-14,23,35H,8,15-22,24-25H2,1H3. The number of hydrogen-bond donors (Lipinski definition) is 1. The topological polar surface area (TPSA) is 93.3 Å². The third-order valence-corrected chi connectivity index (χ3v) is 10.4. The molecule has 0 atom stereocenters. The van der Waals surface area contributed by atoms with Gasteiger partial charge in [-0.05, 0) is 80.1 Å². The van der Waals surface area contributed by atoms with Crippen LogP contribution >= 0.6 is 0 Å². The van der Waals surface area contributed by atoms with Crippen LogP contribution in [-0.4, -0.2) is 74.7 Å². The second kappa shape index (κ2) is 10.9. The van der Waals surface area contributed by atoms with Crippen LogP contribution in [0.2, 0.25) is 0 Å². The van der Waals surface area contributed by atoms with Gasteiger partial charge in [-0.1, -0.05) is 48.5 Å². The number of fused-ring (bicyclic) bond motifs is 2. The van der Waals surface area contributed by atoms with Crippen molar-refractivity contribution in [3.05, 3.63) is 90.0 Å². The number of nitrogens with zero attached hydrogens (tertiary/aromatic N) is 4. The zero-order chi connectivity index (χ0) is 30.5. The maximum Gasteiger partial charge on any atom is 0.250 e. The number of sulfonamides is 1. The second-order valence-electron chi connectivity index (χ2n) is 12.8. The number of amides is 2. The van der Waals surface area contributed by atoms with Crippen LogP contribution in [0.3, 0.4) is 0 Å². The van der Waals surface area contributed by atoms with E-state index < -0.39 is 15.6 Å². The summed E-state index contributed by atoms with van der Waals surface area (Å²) in [6, 6.07) is 25.7. The van der Waals surface area contributed by atoms with E-state index in [-0.39, 0.29) is 17.2 Å². The Balaban J connectivity index is 1.02. The molecular formula is C34H39N5O4S. The molecule has 0 aromatic heterocycles. The molecule has 0 bridgehead atoms. The van der Waals surface area contributed by atoms with E-state index in [4.69, 9.17) is 0 Å². The van der Waals surface area contributed by atoms with Crippen LogP contribution in [0.1, 0.15) is 43.2 Å². The van der Waals surface area contributed by atoms with E-state index in [1.54, 1.807) is 12.1 Å². The Labute approximate surface area is 259 Å². The minimum Gasteiger partial charge on any atom is -0.339 e. The Kier molecular flexibility index (Phi) is 7.16. The zero-order valence-electron chi connectivity index (χ0n) is 25.1. The van der Waals surface area contributed by atoms with Crippen molar-refractivity contribution >= 4 is 38.9 Å². The summed E-state index contributed by atoms with van der Waals surface area (Å²) < 4.78 is 26.1. The lowest BCUT2D eigenvalue weighted by Crippen LogP contribution is -2.56. The van der Waals surface area contributed by atoms with Gasteiger partial charge < -0.3 is 19.6 Å². The van der Waals surface area contributed by atoms with Crippen LogP contribution < -0.4 is 14.5 Å². The highest BCUT2D eigenvalue weighted by Crippen LogP contribution is 2.57. The van der Waals surface area contributed by atoms with Gasteiger partial charge in [-0.25, -0.2) is 8.42 Å². The third kappa shape index (κ3) is 5.13. The number of likely N-dealkylation sites (tertiary alicyclic amines) is 1. The van der Waals surface area contributed by atoms with E-state index in [2.05, 4.69) is 38.8 Å². The highest BCUT2D eigenvalue weighted by molar-refractivity contribution is 7.92. The summed E-state index contributed by atoms with van der Waals surface area (Å²) in [5, 5.41) is 0. The number of carbonyl (C=O) groups is 2. The average Bonchev–Trinajstić information content (AvgIpc) is 3.74. The fraction of sp³-hybridized carbons (Fsp3) is 0.412. The van der Waals surface area contributed by atoms with Gasteiger partial charge in [-0.3, -0.25) is 14.3 Å². The molecule has 1 saturated carbocycles. The fourth-order valence-electron chi connectivity index (χ4n) is 7.52. The summed E-state index contributed by atoms with van der Waals surface area (Å²) in [7, 11) is -3.40. The first-order valence-corrected chi connectivity index (χ1v) is 17.4. The summed E-state index contributed by atoms with van der Waals surface area (Å²) in [5.41, 5.74) is 3.81. The number of para-hydroxylation sites is 2. The Hall–Kier alpha value is -3.89. The normalized spacial score (nSPS) is 20.5. The number of anilines is 3. The Bertz CT molecular complexity index is 1680. The number of hydrogen-bond acceptors (Lipinski definition) is 6. The van der Waals surface area contributed by atoms with E-state index in [0.717, 1.165) is 81.5 Å². The van der Waals surface area contributed by atoms with Gasteiger partial charge in [0.05, 0.1) is 18.3 Å². The monoisotopic (exact) mass is 613 g/mol. The van der Waals surface area contributed by atoms with E-state index in [0.29, 0.717) is 18.9 Å². The lowest BCUT2D eigenvalue weighted by molar-refractivity contribution is -0.134. The van der Waals surface area contributed by atoms with Gasteiger partial charge in [0.2, 0.25) is 21.8 Å². The molecule has 3 aromatic carbocycles. The predicted octanol–water partition coefficient (Wildman–Crippen LogP) is 4.17. The van der Waals surface area contributed by atoms with Crippen molar-refractivity contribution in [2.75, 3.05) is 53.6 Å². The molecule has 9 nitrogen and oxygen atoms in total. The molecular weight excluding hydrogens is 574 g/mol. The first-order valence-electron chi connectivity index (χ1n) is 15.5. The highest BCUT2D eigenvalue weighted by atomic mass is 32.2. The van der Waals surface area contributed by atoms with Crippen molar-refractivity contribution in [3.63, 3.8) is 0 Å². The molecule has 3 heterocycles. The van der Waals surface area contributed by atoms with Gasteiger partial charge in [-0.15, -0.1) is 0 Å². The molecule has 3 fully saturated rings. The van der Waals surface area contributed by atoms with Crippen LogP contribution in [0.25, 0.3) is 0 Å². The number of benzene rings is 3. The lowest BCUT2D eigenvalue weighted by atomic mass is 9.85. The molecule has 3 aromatic rings. The predicted molar refractivity (Wildman–Crippen MR) is 172 cm³/mol. The van der Waals surface area contributed by atoms with E-state index in [1.165, 1.54) is 5.56 Å². The van der Waals surface area contributed by atoms with Crippen molar-refractivity contribution in [3.8, 4) is 0 Å². The quantitative estimate of drug-likeness (QED) is 0.390. The van der Waals surface area contributed by atoms with Crippen LogP contribution in [-0.2, 0) is 31.6 Å². The van der Waals surface area contributed by atoms with Crippen LogP contribution in [0.15, 0.2) is 78.9 Å². The molecule has 10 heteroatoms. The van der Waals surface area contributed by atoms with Crippen LogP contribution in [0.5, 0.6) is 0 Å². The van der Waals surface area contributed by atoms with Gasteiger partial charge in [-0.2, -0.15) is 0 Å². The largest absolute Gasteiger partial charge is 0.339 e. The maximum absolute atomic E-state index is 14.2. The van der Waals surface area contributed by atoms with Crippen molar-refractivity contribution in [2.24, 2.45) is 0 Å². The Morgan fingerprint density at radius 2 is 1.55 bits per heavy atom. The fourth-order valence-corrected chi connectivity index (χ4v) is 8.07. The van der Waals surface area contributed by atoms with Crippen LogP contribution in [0, 0.1) is 0 Å². The number of carbonyl (C=O) groups excluding carboxylic acids is 2. The first kappa shape index (κ1) is 28.9. The van der Waals surface area contributed by atoms with Gasteiger partial charge in [0, 0.05) is 43.2 Å². The molecule has 2 amide bonds. The Morgan fingerprint density at radius 1 is 0.818 bits per heavy atom. The summed E-state index contributed by atoms with van der Waals surface area (Å²) >= 11 is 0. The van der Waals surface area contributed by atoms with Crippen LogP contribution in [0.4, 0.5) is 17.1 Å². The van der Waals surface area contributed by atoms with E-state index in [1.807, 2.05) is 52.3 Å². The zero-order valence-corrected chi connectivity index (χ0v) is 25.9. The molecule has 2 spiro atoms. The summed E-state index contributed by atoms with van der Waals surface area (Å²) in [6.07, 6.45) is 5.39. The van der Waals surface area contributed by atoms with E-state index in [9.17, 15) is 18.0 Å². The minimum atomic E-state index is -3.40. The molecule has 230 valence electrons. The number of nitrogens with one attached hydrogen (secondary N) is 1. The molecule has 1 N–H and O–H groups in total. The molecule has 7 rings (SSSR count). The van der Waals surface area contributed by atoms with E-state index >= 15 is 0 Å². The lowest BCUT2D eigenvalue weighted by Gasteiger charge is -2.43. The number of piperidine rings is 1. The van der Waals surface area contributed by atoms with Crippen molar-refractivity contribution in [1.29, 1.82) is 0 Å². The first-order chi connectivity index (χ1) is 21.2. The van der Waals surface area contributed by atoms with Crippen molar-refractivity contribution in [1.82, 2.24) is 9.80 Å². The van der Waals surface area contributed by atoms with Crippen molar-refractivity contribution in [2.45, 2.75) is 49.6 Å². The average molecular weight is 614 g/mol. The summed E-state index contributed by atoms with van der Waals surface area (Å²) in [4.78, 5) is 36.1. The van der Waals surface area contributed by atoms with Crippen molar-refractivity contribution < 1.29 is 18.0 Å². The Morgan fingerprint density at radius 3 is 2.27 bits per heavy atom. The molecule has 2 saturated heterocycles. The van der Waals surface area contributed by atoms with Gasteiger partial charge in [0.15, 0.2) is 0 Å². The molecule has 3 aliphatic heterocycles. The minimum absolute atomic E-state index is 0.122. The molecule has 44 heavy (non-hydrogen) atoms. The van der Waals surface area contributed by atoms with Gasteiger partial charge >= 0.3 is 0 Å². The summed E-state index contributed by atoms with van der Waals surface area (Å²) in [6.45, 7) is 4.11. The smallest absolute Gasteiger partial charge is 0.250 e. The molecule has 1 aliphatic carbocycles. The molecule has 0 radical (unpaired) electrons. The highest BCUT2D eigenvalue weighted by Gasteiger charge is 2.59.